The van der Waals surface area contributed by atoms with E-state index < -0.39 is 24.6 Å². The molecule has 0 aromatic heterocycles. The van der Waals surface area contributed by atoms with Crippen LogP contribution >= 0.6 is 0 Å². The molecule has 2 N–H and O–H groups in total. The first-order valence-electron chi connectivity index (χ1n) is 3.96. The van der Waals surface area contributed by atoms with Crippen molar-refractivity contribution in [2.75, 3.05) is 13.1 Å². The minimum absolute atomic E-state index is 0.146. The monoisotopic (exact) mass is 195 g/mol. The van der Waals surface area contributed by atoms with Crippen LogP contribution in [-0.4, -0.2) is 36.9 Å². The highest BCUT2D eigenvalue weighted by molar-refractivity contribution is 5.70. The van der Waals surface area contributed by atoms with E-state index in [0.717, 1.165) is 0 Å². The Hall–Kier alpha value is -0.750. The van der Waals surface area contributed by atoms with Crippen molar-refractivity contribution < 1.29 is 23.4 Å². The molecule has 0 spiro atoms. The number of carbonyl (C=O) groups is 1. The van der Waals surface area contributed by atoms with Crippen LogP contribution in [0.25, 0.3) is 0 Å². The molecule has 2 unspecified atom stereocenters. The summed E-state index contributed by atoms with van der Waals surface area (Å²) in [6.45, 7) is -2.23. The first-order chi connectivity index (χ1) is 6.09. The molecule has 4 nitrogen and oxygen atoms in total. The van der Waals surface area contributed by atoms with Crippen molar-refractivity contribution in [1.82, 2.24) is 5.32 Å². The number of alkyl halides is 2. The maximum Gasteiger partial charge on any atom is 0.345 e. The fraction of sp³-hybridized carbons (Fsp3) is 0.857. The third-order valence-corrected chi connectivity index (χ3v) is 1.95. The lowest BCUT2D eigenvalue weighted by atomic mass is 9.98. The summed E-state index contributed by atoms with van der Waals surface area (Å²) < 4.78 is 27.7. The van der Waals surface area contributed by atoms with Crippen LogP contribution in [-0.2, 0) is 9.53 Å². The number of piperidine rings is 1. The number of hydrogen-bond donors (Lipinski definition) is 2. The van der Waals surface area contributed by atoms with E-state index in [2.05, 4.69) is 10.1 Å². The van der Waals surface area contributed by atoms with Crippen molar-refractivity contribution in [2.24, 2.45) is 5.92 Å². The van der Waals surface area contributed by atoms with Crippen LogP contribution in [0.4, 0.5) is 8.78 Å². The van der Waals surface area contributed by atoms with Gasteiger partial charge in [0.2, 0.25) is 0 Å². The molecule has 1 saturated heterocycles. The molecule has 1 fully saturated rings. The maximum atomic E-state index is 11.8. The predicted molar refractivity (Wildman–Crippen MR) is 39.5 cm³/mol. The quantitative estimate of drug-likeness (QED) is 0.679. The van der Waals surface area contributed by atoms with E-state index in [9.17, 15) is 13.6 Å². The molecule has 0 saturated carbocycles. The Morgan fingerprint density at radius 3 is 2.77 bits per heavy atom. The molecule has 0 bridgehead atoms. The van der Waals surface area contributed by atoms with Gasteiger partial charge in [-0.05, 0) is 6.42 Å². The number of halogens is 2. The summed E-state index contributed by atoms with van der Waals surface area (Å²) >= 11 is 0. The van der Waals surface area contributed by atoms with E-state index >= 15 is 0 Å². The van der Waals surface area contributed by atoms with Gasteiger partial charge in [-0.1, -0.05) is 0 Å². The van der Waals surface area contributed by atoms with Gasteiger partial charge in [-0.2, -0.15) is 8.78 Å². The zero-order valence-electron chi connectivity index (χ0n) is 6.87. The van der Waals surface area contributed by atoms with E-state index in [1.807, 2.05) is 0 Å². The van der Waals surface area contributed by atoms with E-state index in [4.69, 9.17) is 5.11 Å². The van der Waals surface area contributed by atoms with Crippen molar-refractivity contribution in [2.45, 2.75) is 19.1 Å². The summed E-state index contributed by atoms with van der Waals surface area (Å²) in [5, 5.41) is 11.3. The molecule has 0 aromatic carbocycles. The van der Waals surface area contributed by atoms with Gasteiger partial charge in [-0.15, -0.1) is 0 Å². The average molecular weight is 195 g/mol. The van der Waals surface area contributed by atoms with Crippen molar-refractivity contribution in [3.8, 4) is 0 Å². The van der Waals surface area contributed by atoms with Gasteiger partial charge in [-0.25, -0.2) is 0 Å². The Balaban J connectivity index is 2.37. The van der Waals surface area contributed by atoms with Crippen molar-refractivity contribution >= 4 is 5.97 Å². The van der Waals surface area contributed by atoms with Gasteiger partial charge in [-0.3, -0.25) is 4.79 Å². The van der Waals surface area contributed by atoms with E-state index in [1.165, 1.54) is 0 Å². The topological polar surface area (TPSA) is 58.6 Å². The Kier molecular flexibility index (Phi) is 3.56. The van der Waals surface area contributed by atoms with Gasteiger partial charge in [0.1, 0.15) is 0 Å². The van der Waals surface area contributed by atoms with E-state index in [-0.39, 0.29) is 13.0 Å². The molecule has 1 rings (SSSR count). The Bertz CT molecular complexity index is 189. The van der Waals surface area contributed by atoms with Gasteiger partial charge >= 0.3 is 12.6 Å². The number of carboxylic acids is 1. The lowest BCUT2D eigenvalue weighted by Gasteiger charge is -2.27. The fourth-order valence-corrected chi connectivity index (χ4v) is 1.34. The van der Waals surface area contributed by atoms with Gasteiger partial charge in [0.15, 0.2) is 0 Å². The van der Waals surface area contributed by atoms with Gasteiger partial charge in [0.25, 0.3) is 0 Å². The Morgan fingerprint density at radius 1 is 1.54 bits per heavy atom. The molecule has 0 amide bonds. The minimum Gasteiger partial charge on any atom is -0.481 e. The molecule has 0 aliphatic carbocycles. The molecule has 13 heavy (non-hydrogen) atoms. The summed E-state index contributed by atoms with van der Waals surface area (Å²) in [6.07, 6.45) is -0.554. The van der Waals surface area contributed by atoms with Crippen LogP contribution in [0.3, 0.4) is 0 Å². The number of hydrogen-bond acceptors (Lipinski definition) is 3. The fourth-order valence-electron chi connectivity index (χ4n) is 1.34. The number of aliphatic carboxylic acids is 1. The first kappa shape index (κ1) is 10.3. The second-order valence-electron chi connectivity index (χ2n) is 2.95. The number of rotatable bonds is 3. The van der Waals surface area contributed by atoms with Crippen LogP contribution in [0.5, 0.6) is 0 Å². The molecule has 6 heteroatoms. The summed E-state index contributed by atoms with van der Waals surface area (Å²) in [7, 11) is 0. The summed E-state index contributed by atoms with van der Waals surface area (Å²) in [4.78, 5) is 10.5. The molecule has 1 aliphatic heterocycles. The number of nitrogens with one attached hydrogen (secondary N) is 1. The van der Waals surface area contributed by atoms with Crippen LogP contribution in [0, 0.1) is 5.92 Å². The van der Waals surface area contributed by atoms with Gasteiger partial charge in [0, 0.05) is 13.1 Å². The molecule has 76 valence electrons. The van der Waals surface area contributed by atoms with E-state index in [0.29, 0.717) is 6.54 Å². The number of ether oxygens (including phenoxy) is 1. The molecule has 1 heterocycles. The molecule has 0 aromatic rings. The zero-order chi connectivity index (χ0) is 9.84. The van der Waals surface area contributed by atoms with Crippen molar-refractivity contribution in [3.63, 3.8) is 0 Å². The van der Waals surface area contributed by atoms with Crippen molar-refractivity contribution in [3.05, 3.63) is 0 Å². The summed E-state index contributed by atoms with van der Waals surface area (Å²) in [5.74, 6) is -1.60. The zero-order valence-corrected chi connectivity index (χ0v) is 6.87. The highest BCUT2D eigenvalue weighted by atomic mass is 19.3. The highest BCUT2D eigenvalue weighted by Gasteiger charge is 2.28. The SMILES string of the molecule is O=C(O)C1CNCC(OC(F)F)C1. The van der Waals surface area contributed by atoms with Gasteiger partial charge in [0.05, 0.1) is 12.0 Å². The standard InChI is InChI=1S/C7H11F2NO3/c8-7(9)13-5-1-4(6(11)12)2-10-3-5/h4-5,7,10H,1-3H2,(H,11,12). The van der Waals surface area contributed by atoms with Crippen LogP contribution in [0.1, 0.15) is 6.42 Å². The largest absolute Gasteiger partial charge is 0.481 e. The molecule has 1 aliphatic rings. The minimum atomic E-state index is -2.83. The Labute approximate surface area is 73.9 Å². The van der Waals surface area contributed by atoms with Gasteiger partial charge < -0.3 is 15.2 Å². The predicted octanol–water partition coefficient (Wildman–Crippen LogP) is 0.288. The lowest BCUT2D eigenvalue weighted by Crippen LogP contribution is -2.44. The molecular formula is C7H11F2NO3. The molecule has 2 atom stereocenters. The smallest absolute Gasteiger partial charge is 0.345 e. The van der Waals surface area contributed by atoms with Crippen LogP contribution in [0.2, 0.25) is 0 Å². The van der Waals surface area contributed by atoms with Crippen LogP contribution < -0.4 is 5.32 Å². The third-order valence-electron chi connectivity index (χ3n) is 1.95. The molecular weight excluding hydrogens is 184 g/mol. The lowest BCUT2D eigenvalue weighted by molar-refractivity contribution is -0.174. The average Bonchev–Trinajstić information content (AvgIpc) is 2.03. The number of carboxylic acid groups (broad SMARTS) is 1. The maximum absolute atomic E-state index is 11.8. The van der Waals surface area contributed by atoms with Crippen LogP contribution in [0.15, 0.2) is 0 Å². The highest BCUT2D eigenvalue weighted by Crippen LogP contribution is 2.15. The van der Waals surface area contributed by atoms with E-state index in [1.54, 1.807) is 0 Å². The normalized spacial score (nSPS) is 29.2. The Morgan fingerprint density at radius 2 is 2.23 bits per heavy atom. The summed E-state index contributed by atoms with van der Waals surface area (Å²) in [5.41, 5.74) is 0. The molecule has 0 radical (unpaired) electrons. The first-order valence-corrected chi connectivity index (χ1v) is 3.96. The summed E-state index contributed by atoms with van der Waals surface area (Å²) in [6, 6.07) is 0. The van der Waals surface area contributed by atoms with Crippen molar-refractivity contribution in [1.29, 1.82) is 0 Å². The second kappa shape index (κ2) is 4.48. The second-order valence-corrected chi connectivity index (χ2v) is 2.95. The third kappa shape index (κ3) is 3.23.